The number of ether oxygens (including phenoxy) is 1. The van der Waals surface area contributed by atoms with Crippen LogP contribution < -0.4 is 4.90 Å². The molecule has 122 valence electrons. The maximum absolute atomic E-state index is 11.7. The lowest BCUT2D eigenvalue weighted by Crippen LogP contribution is -2.19. The largest absolute Gasteiger partial charge is 0.465 e. The number of thiol groups is 1. The second-order valence-electron chi connectivity index (χ2n) is 5.47. The Hall–Kier alpha value is -2.53. The average Bonchev–Trinajstić information content (AvgIpc) is 3.02. The Balaban J connectivity index is 2.02. The highest BCUT2D eigenvalue weighted by molar-refractivity contribution is 7.97. The fourth-order valence-corrected chi connectivity index (χ4v) is 3.06. The van der Waals surface area contributed by atoms with Crippen molar-refractivity contribution in [1.29, 1.82) is 0 Å². The van der Waals surface area contributed by atoms with Gasteiger partial charge >= 0.3 is 5.97 Å². The second kappa shape index (κ2) is 6.93. The maximum atomic E-state index is 11.7. The Morgan fingerprint density at radius 3 is 2.54 bits per heavy atom. The maximum Gasteiger partial charge on any atom is 0.337 e. The molecule has 2 aromatic rings. The third-order valence-electron chi connectivity index (χ3n) is 4.02. The van der Waals surface area contributed by atoms with Crippen LogP contribution in [0.2, 0.25) is 0 Å². The Labute approximate surface area is 146 Å². The number of anilines is 1. The molecule has 1 aliphatic rings. The lowest BCUT2D eigenvalue weighted by atomic mass is 10.1. The van der Waals surface area contributed by atoms with Crippen LogP contribution in [0.5, 0.6) is 0 Å². The van der Waals surface area contributed by atoms with Crippen molar-refractivity contribution in [2.45, 2.75) is 6.42 Å². The number of carbonyl (C=O) groups excluding carboxylic acids is 2. The predicted molar refractivity (Wildman–Crippen MR) is 97.2 cm³/mol. The Bertz CT molecular complexity index is 815. The molecule has 0 aliphatic carbocycles. The zero-order valence-corrected chi connectivity index (χ0v) is 14.1. The van der Waals surface area contributed by atoms with Gasteiger partial charge in [0.2, 0.25) is 5.12 Å². The van der Waals surface area contributed by atoms with Gasteiger partial charge in [-0.05, 0) is 35.7 Å². The van der Waals surface area contributed by atoms with E-state index in [4.69, 9.17) is 4.74 Å². The van der Waals surface area contributed by atoms with Gasteiger partial charge in [-0.25, -0.2) is 4.79 Å². The van der Waals surface area contributed by atoms with E-state index in [2.05, 4.69) is 17.5 Å². The van der Waals surface area contributed by atoms with Crippen molar-refractivity contribution in [1.82, 2.24) is 0 Å². The number of hydrogen-bond acceptors (Lipinski definition) is 4. The van der Waals surface area contributed by atoms with E-state index in [9.17, 15) is 9.59 Å². The first kappa shape index (κ1) is 16.3. The summed E-state index contributed by atoms with van der Waals surface area (Å²) in [5.74, 6) is -0.347. The summed E-state index contributed by atoms with van der Waals surface area (Å²) in [5.41, 5.74) is 4.34. The molecule has 0 saturated carbocycles. The van der Waals surface area contributed by atoms with Crippen molar-refractivity contribution in [3.05, 3.63) is 71.3 Å². The first-order chi connectivity index (χ1) is 11.6. The van der Waals surface area contributed by atoms with Crippen LogP contribution in [0.4, 0.5) is 5.69 Å². The van der Waals surface area contributed by atoms with Crippen molar-refractivity contribution >= 4 is 35.1 Å². The monoisotopic (exact) mass is 339 g/mol. The van der Waals surface area contributed by atoms with Gasteiger partial charge in [0.1, 0.15) is 0 Å². The first-order valence-corrected chi connectivity index (χ1v) is 8.03. The number of nitrogens with zero attached hydrogens (tertiary/aromatic N) is 1. The lowest BCUT2D eigenvalue weighted by molar-refractivity contribution is -0.106. The van der Waals surface area contributed by atoms with Crippen LogP contribution in [0.15, 0.2) is 54.6 Å². The molecule has 0 N–H and O–H groups in total. The molecule has 0 bridgehead atoms. The highest BCUT2D eigenvalue weighted by Crippen LogP contribution is 2.35. The van der Waals surface area contributed by atoms with Crippen molar-refractivity contribution in [3.63, 3.8) is 0 Å². The van der Waals surface area contributed by atoms with Crippen LogP contribution in [0.3, 0.4) is 0 Å². The standard InChI is InChI=1S/C19H17NO3S/c1-23-19(22)15-7-8-16-14(11-15)9-10-20(16)17(12-18(21)24)13-5-3-2-4-6-13/h2-8,11-12H,9-10H2,1H3,(H,21,24)/b17-12-. The third-order valence-corrected chi connectivity index (χ3v) is 4.15. The van der Waals surface area contributed by atoms with Crippen LogP contribution in [0, 0.1) is 0 Å². The molecule has 5 heteroatoms. The molecule has 0 amide bonds. The minimum atomic E-state index is -0.347. The molecular weight excluding hydrogens is 322 g/mol. The summed E-state index contributed by atoms with van der Waals surface area (Å²) in [4.78, 5) is 25.4. The fourth-order valence-electron chi connectivity index (χ4n) is 2.94. The molecule has 0 fully saturated rings. The molecule has 0 radical (unpaired) electrons. The zero-order chi connectivity index (χ0) is 17.1. The Morgan fingerprint density at radius 2 is 1.88 bits per heavy atom. The molecule has 0 aromatic heterocycles. The van der Waals surface area contributed by atoms with Crippen LogP contribution in [0.25, 0.3) is 5.70 Å². The van der Waals surface area contributed by atoms with Gasteiger partial charge in [0.25, 0.3) is 0 Å². The van der Waals surface area contributed by atoms with Crippen molar-refractivity contribution < 1.29 is 14.3 Å². The van der Waals surface area contributed by atoms with Gasteiger partial charge in [0.15, 0.2) is 0 Å². The second-order valence-corrected chi connectivity index (χ2v) is 5.91. The van der Waals surface area contributed by atoms with Gasteiger partial charge in [-0.3, -0.25) is 4.79 Å². The molecule has 0 spiro atoms. The third kappa shape index (κ3) is 3.21. The number of hydrogen-bond donors (Lipinski definition) is 1. The van der Waals surface area contributed by atoms with E-state index in [1.165, 1.54) is 13.2 Å². The van der Waals surface area contributed by atoms with Gasteiger partial charge in [-0.15, -0.1) is 12.6 Å². The summed E-state index contributed by atoms with van der Waals surface area (Å²) >= 11 is 3.90. The quantitative estimate of drug-likeness (QED) is 0.527. The van der Waals surface area contributed by atoms with Gasteiger partial charge < -0.3 is 9.64 Å². The van der Waals surface area contributed by atoms with E-state index in [0.717, 1.165) is 35.5 Å². The summed E-state index contributed by atoms with van der Waals surface area (Å²) in [6.07, 6.45) is 2.33. The molecule has 0 unspecified atom stereocenters. The summed E-state index contributed by atoms with van der Waals surface area (Å²) in [7, 11) is 1.37. The summed E-state index contributed by atoms with van der Waals surface area (Å²) < 4.78 is 4.77. The molecule has 24 heavy (non-hydrogen) atoms. The van der Waals surface area contributed by atoms with Gasteiger partial charge in [0, 0.05) is 18.3 Å². The lowest BCUT2D eigenvalue weighted by Gasteiger charge is -2.23. The zero-order valence-electron chi connectivity index (χ0n) is 13.2. The highest BCUT2D eigenvalue weighted by atomic mass is 32.1. The minimum Gasteiger partial charge on any atom is -0.465 e. The highest BCUT2D eigenvalue weighted by Gasteiger charge is 2.24. The van der Waals surface area contributed by atoms with Crippen molar-refractivity contribution in [3.8, 4) is 0 Å². The van der Waals surface area contributed by atoms with E-state index >= 15 is 0 Å². The van der Waals surface area contributed by atoms with Crippen LogP contribution in [0.1, 0.15) is 21.5 Å². The summed E-state index contributed by atoms with van der Waals surface area (Å²) in [5, 5.41) is -0.298. The number of methoxy groups -OCH3 is 1. The van der Waals surface area contributed by atoms with Crippen LogP contribution in [-0.4, -0.2) is 24.7 Å². The summed E-state index contributed by atoms with van der Waals surface area (Å²) in [6.45, 7) is 0.738. The predicted octanol–water partition coefficient (Wildman–Crippen LogP) is 3.33. The Morgan fingerprint density at radius 1 is 1.12 bits per heavy atom. The summed E-state index contributed by atoms with van der Waals surface area (Å²) in [6, 6.07) is 15.2. The van der Waals surface area contributed by atoms with Crippen molar-refractivity contribution in [2.24, 2.45) is 0 Å². The molecular formula is C19H17NO3S. The van der Waals surface area contributed by atoms with E-state index in [-0.39, 0.29) is 11.1 Å². The molecule has 4 nitrogen and oxygen atoms in total. The molecule has 2 aromatic carbocycles. The van der Waals surface area contributed by atoms with E-state index < -0.39 is 0 Å². The minimum absolute atomic E-state index is 0.298. The molecule has 1 heterocycles. The number of esters is 1. The van der Waals surface area contributed by atoms with E-state index in [0.29, 0.717) is 5.56 Å². The topological polar surface area (TPSA) is 46.6 Å². The van der Waals surface area contributed by atoms with Crippen LogP contribution in [-0.2, 0) is 16.0 Å². The fraction of sp³-hybridized carbons (Fsp3) is 0.158. The first-order valence-electron chi connectivity index (χ1n) is 7.59. The molecule has 0 atom stereocenters. The van der Waals surface area contributed by atoms with E-state index in [1.54, 1.807) is 6.07 Å². The number of rotatable bonds is 4. The molecule has 1 aliphatic heterocycles. The van der Waals surface area contributed by atoms with Crippen LogP contribution >= 0.6 is 12.6 Å². The molecule has 0 saturated heterocycles. The molecule has 3 rings (SSSR count). The van der Waals surface area contributed by atoms with Gasteiger partial charge in [0.05, 0.1) is 18.4 Å². The average molecular weight is 339 g/mol. The van der Waals surface area contributed by atoms with Gasteiger partial charge in [-0.2, -0.15) is 0 Å². The SMILES string of the molecule is COC(=O)c1ccc2c(c1)CCN2/C(=C\C(=O)S)c1ccccc1. The Kier molecular flexibility index (Phi) is 4.71. The smallest absolute Gasteiger partial charge is 0.337 e. The van der Waals surface area contributed by atoms with Gasteiger partial charge in [-0.1, -0.05) is 30.3 Å². The van der Waals surface area contributed by atoms with E-state index in [1.807, 2.05) is 42.5 Å². The number of carbonyl (C=O) groups is 2. The normalized spacial score (nSPS) is 13.6. The number of fused-ring (bicyclic) bond motifs is 1. The number of benzene rings is 2. The van der Waals surface area contributed by atoms with Crippen molar-refractivity contribution in [2.75, 3.05) is 18.6 Å².